The van der Waals surface area contributed by atoms with Crippen LogP contribution in [0.4, 0.5) is 11.4 Å². The number of hydrogen-bond acceptors (Lipinski definition) is 5. The second kappa shape index (κ2) is 9.15. The number of benzene rings is 2. The molecule has 0 spiro atoms. The molecule has 1 atom stereocenters. The zero-order valence-electron chi connectivity index (χ0n) is 18.1. The molecule has 1 fully saturated rings. The molecule has 0 aromatic heterocycles. The van der Waals surface area contributed by atoms with Gasteiger partial charge in [-0.3, -0.25) is 14.3 Å². The van der Waals surface area contributed by atoms with E-state index in [-0.39, 0.29) is 10.8 Å². The summed E-state index contributed by atoms with van der Waals surface area (Å²) in [4.78, 5) is 28.1. The molecule has 2 heterocycles. The minimum absolute atomic E-state index is 0.0499. The van der Waals surface area contributed by atoms with Crippen molar-refractivity contribution in [1.29, 1.82) is 0 Å². The highest BCUT2D eigenvalue weighted by Crippen LogP contribution is 2.38. The van der Waals surface area contributed by atoms with Gasteiger partial charge in [-0.1, -0.05) is 26.0 Å². The Hall–Kier alpha value is -2.52. The first-order chi connectivity index (χ1) is 15.3. The van der Waals surface area contributed by atoms with Crippen LogP contribution in [0, 0.1) is 5.92 Å². The van der Waals surface area contributed by atoms with Crippen LogP contribution < -0.4 is 10.0 Å². The lowest BCUT2D eigenvalue weighted by Crippen LogP contribution is -2.47. The number of amides is 2. The molecule has 2 aromatic carbocycles. The topological polar surface area (TPSA) is 95.6 Å². The van der Waals surface area contributed by atoms with Crippen LogP contribution in [0.3, 0.4) is 0 Å². The van der Waals surface area contributed by atoms with Gasteiger partial charge >= 0.3 is 0 Å². The maximum Gasteiger partial charge on any atom is 0.261 e. The summed E-state index contributed by atoms with van der Waals surface area (Å²) in [6.45, 7) is 5.50. The lowest BCUT2D eigenvalue weighted by molar-refractivity contribution is -0.135. The molecule has 0 saturated carbocycles. The van der Waals surface area contributed by atoms with E-state index in [4.69, 9.17) is 0 Å². The van der Waals surface area contributed by atoms with E-state index in [2.05, 4.69) is 17.0 Å². The van der Waals surface area contributed by atoms with Crippen LogP contribution >= 0.6 is 11.8 Å². The van der Waals surface area contributed by atoms with Crippen LogP contribution in [0.15, 0.2) is 52.3 Å². The number of nitrogens with one attached hydrogen (secondary N) is 2. The zero-order chi connectivity index (χ0) is 22.9. The number of nitrogens with zero attached hydrogens (tertiary/aromatic N) is 1. The van der Waals surface area contributed by atoms with Crippen molar-refractivity contribution in [2.45, 2.75) is 48.2 Å². The zero-order valence-corrected chi connectivity index (χ0v) is 19.8. The summed E-state index contributed by atoms with van der Waals surface area (Å²) in [6, 6.07) is 11.8. The van der Waals surface area contributed by atoms with E-state index in [1.54, 1.807) is 29.2 Å². The number of fused-ring (bicyclic) bond motifs is 1. The Morgan fingerprint density at radius 1 is 1.19 bits per heavy atom. The van der Waals surface area contributed by atoms with Gasteiger partial charge in [0.05, 0.1) is 10.6 Å². The van der Waals surface area contributed by atoms with Crippen LogP contribution in [-0.2, 0) is 26.0 Å². The SMILES string of the molecule is CCc1cccc(NS(=O)(=O)c2ccc3c(c2)NC(=O)C(C(=O)N2CCC(C)CC2)S3)c1. The number of hydrogen-bond donors (Lipinski definition) is 2. The summed E-state index contributed by atoms with van der Waals surface area (Å²) >= 11 is 1.18. The Morgan fingerprint density at radius 3 is 2.66 bits per heavy atom. The monoisotopic (exact) mass is 473 g/mol. The van der Waals surface area contributed by atoms with Crippen LogP contribution in [0.2, 0.25) is 0 Å². The van der Waals surface area contributed by atoms with Gasteiger partial charge in [-0.2, -0.15) is 0 Å². The second-order valence-electron chi connectivity index (χ2n) is 8.31. The number of sulfonamides is 1. The van der Waals surface area contributed by atoms with Gasteiger partial charge in [0.15, 0.2) is 5.25 Å². The molecular weight excluding hydrogens is 446 g/mol. The second-order valence-corrected chi connectivity index (χ2v) is 11.1. The molecule has 0 bridgehead atoms. The maximum absolute atomic E-state index is 12.9. The normalized spacial score (nSPS) is 19.2. The van der Waals surface area contributed by atoms with Crippen molar-refractivity contribution in [2.24, 2.45) is 5.92 Å². The predicted molar refractivity (Wildman–Crippen MR) is 126 cm³/mol. The van der Waals surface area contributed by atoms with E-state index >= 15 is 0 Å². The summed E-state index contributed by atoms with van der Waals surface area (Å²) in [5.74, 6) is -0.00506. The van der Waals surface area contributed by atoms with E-state index in [1.165, 1.54) is 23.9 Å². The summed E-state index contributed by atoms with van der Waals surface area (Å²) in [5, 5.41) is 1.88. The van der Waals surface area contributed by atoms with Gasteiger partial charge in [0, 0.05) is 23.7 Å². The average molecular weight is 474 g/mol. The van der Waals surface area contributed by atoms with Gasteiger partial charge in [-0.15, -0.1) is 11.8 Å². The molecule has 7 nitrogen and oxygen atoms in total. The summed E-state index contributed by atoms with van der Waals surface area (Å²) in [7, 11) is -3.83. The molecule has 1 saturated heterocycles. The standard InChI is InChI=1S/C23H27N3O4S2/c1-3-16-5-4-6-17(13-16)25-32(29,30)18-7-8-20-19(14-18)24-22(27)21(31-20)23(28)26-11-9-15(2)10-12-26/h4-8,13-15,21,25H,3,9-12H2,1-2H3,(H,24,27). The van der Waals surface area contributed by atoms with Gasteiger partial charge in [0.2, 0.25) is 11.8 Å². The van der Waals surface area contributed by atoms with E-state index < -0.39 is 21.2 Å². The highest BCUT2D eigenvalue weighted by atomic mass is 32.2. The summed E-state index contributed by atoms with van der Waals surface area (Å²) < 4.78 is 28.4. The highest BCUT2D eigenvalue weighted by Gasteiger charge is 2.37. The quantitative estimate of drug-likeness (QED) is 0.646. The lowest BCUT2D eigenvalue weighted by atomic mass is 9.99. The van der Waals surface area contributed by atoms with E-state index in [0.29, 0.717) is 35.3 Å². The Morgan fingerprint density at radius 2 is 1.94 bits per heavy atom. The molecule has 2 N–H and O–H groups in total. The van der Waals surface area contributed by atoms with Crippen molar-refractivity contribution < 1.29 is 18.0 Å². The van der Waals surface area contributed by atoms with Crippen molar-refractivity contribution in [3.05, 3.63) is 48.0 Å². The van der Waals surface area contributed by atoms with Crippen molar-refractivity contribution in [2.75, 3.05) is 23.1 Å². The first kappa shape index (κ1) is 22.7. The van der Waals surface area contributed by atoms with Crippen molar-refractivity contribution >= 4 is 45.0 Å². The largest absolute Gasteiger partial charge is 0.341 e. The summed E-state index contributed by atoms with van der Waals surface area (Å²) in [5.41, 5.74) is 1.92. The fourth-order valence-electron chi connectivity index (χ4n) is 3.88. The van der Waals surface area contributed by atoms with Gasteiger partial charge in [0.1, 0.15) is 0 Å². The first-order valence-corrected chi connectivity index (χ1v) is 13.1. The van der Waals surface area contributed by atoms with E-state index in [1.807, 2.05) is 13.0 Å². The smallest absolute Gasteiger partial charge is 0.261 e. The van der Waals surface area contributed by atoms with Crippen molar-refractivity contribution in [1.82, 2.24) is 4.90 Å². The minimum atomic E-state index is -3.83. The number of anilines is 2. The Balaban J connectivity index is 1.51. The van der Waals surface area contributed by atoms with Crippen molar-refractivity contribution in [3.8, 4) is 0 Å². The maximum atomic E-state index is 12.9. The van der Waals surface area contributed by atoms with Gasteiger partial charge in [-0.05, 0) is 61.1 Å². The number of carbonyl (C=O) groups excluding carboxylic acids is 2. The van der Waals surface area contributed by atoms with Gasteiger partial charge in [0.25, 0.3) is 10.0 Å². The van der Waals surface area contributed by atoms with Crippen LogP contribution in [0.5, 0.6) is 0 Å². The number of thioether (sulfide) groups is 1. The number of aryl methyl sites for hydroxylation is 1. The third-order valence-electron chi connectivity index (χ3n) is 5.91. The summed E-state index contributed by atoms with van der Waals surface area (Å²) in [6.07, 6.45) is 2.68. The van der Waals surface area contributed by atoms with Crippen molar-refractivity contribution in [3.63, 3.8) is 0 Å². The molecule has 4 rings (SSSR count). The first-order valence-electron chi connectivity index (χ1n) is 10.8. The fourth-order valence-corrected chi connectivity index (χ4v) is 6.01. The molecule has 2 aliphatic rings. The molecule has 32 heavy (non-hydrogen) atoms. The van der Waals surface area contributed by atoms with Crippen LogP contribution in [0.1, 0.15) is 32.3 Å². The Kier molecular flexibility index (Phi) is 6.48. The van der Waals surface area contributed by atoms with Gasteiger partial charge < -0.3 is 10.2 Å². The van der Waals surface area contributed by atoms with Crippen LogP contribution in [0.25, 0.3) is 0 Å². The molecule has 2 aromatic rings. The number of piperidine rings is 1. The molecule has 2 aliphatic heterocycles. The molecule has 0 radical (unpaired) electrons. The minimum Gasteiger partial charge on any atom is -0.341 e. The molecule has 170 valence electrons. The number of rotatable bonds is 5. The third-order valence-corrected chi connectivity index (χ3v) is 8.55. The lowest BCUT2D eigenvalue weighted by Gasteiger charge is -2.33. The number of carbonyl (C=O) groups is 2. The highest BCUT2D eigenvalue weighted by molar-refractivity contribution is 8.01. The number of likely N-dealkylation sites (tertiary alicyclic amines) is 1. The Labute approximate surface area is 193 Å². The molecule has 1 unspecified atom stereocenters. The molecule has 9 heteroatoms. The van der Waals surface area contributed by atoms with E-state index in [9.17, 15) is 18.0 Å². The molecule has 0 aliphatic carbocycles. The third kappa shape index (κ3) is 4.78. The van der Waals surface area contributed by atoms with E-state index in [0.717, 1.165) is 24.8 Å². The fraction of sp³-hybridized carbons (Fsp3) is 0.391. The van der Waals surface area contributed by atoms with Crippen LogP contribution in [-0.4, -0.2) is 43.5 Å². The molecular formula is C23H27N3O4S2. The average Bonchev–Trinajstić information content (AvgIpc) is 2.78. The predicted octanol–water partition coefficient (Wildman–Crippen LogP) is 3.72. The van der Waals surface area contributed by atoms with Gasteiger partial charge in [-0.25, -0.2) is 8.42 Å². The Bertz CT molecular complexity index is 1140. The molecule has 2 amide bonds.